The van der Waals surface area contributed by atoms with Gasteiger partial charge in [0, 0.05) is 18.2 Å². The van der Waals surface area contributed by atoms with E-state index in [0.717, 1.165) is 36.5 Å². The maximum Gasteiger partial charge on any atom is 0.328 e. The number of nitrogens with one attached hydrogen (secondary N) is 1. The number of aryl methyl sites for hydroxylation is 1. The maximum atomic E-state index is 12.0. The lowest BCUT2D eigenvalue weighted by atomic mass is 10.0. The van der Waals surface area contributed by atoms with Crippen LogP contribution in [0.5, 0.6) is 0 Å². The van der Waals surface area contributed by atoms with Gasteiger partial charge in [-0.2, -0.15) is 0 Å². The summed E-state index contributed by atoms with van der Waals surface area (Å²) < 4.78 is 0. The van der Waals surface area contributed by atoms with Gasteiger partial charge in [-0.05, 0) is 42.7 Å². The Labute approximate surface area is 119 Å². The Bertz CT molecular complexity index is 506. The summed E-state index contributed by atoms with van der Waals surface area (Å²) in [6.07, 6.45) is 5.77. The topological polar surface area (TPSA) is 66.4 Å². The van der Waals surface area contributed by atoms with Gasteiger partial charge in [0.15, 0.2) is 0 Å². The number of carboxylic acid groups (broad SMARTS) is 1. The molecule has 0 aliphatic carbocycles. The number of rotatable bonds is 7. The lowest BCUT2D eigenvalue weighted by Crippen LogP contribution is -2.24. The minimum atomic E-state index is -1.00. The molecule has 1 amide bonds. The molecule has 108 valence electrons. The fourth-order valence-corrected chi connectivity index (χ4v) is 1.80. The van der Waals surface area contributed by atoms with Gasteiger partial charge in [-0.25, -0.2) is 4.79 Å². The highest BCUT2D eigenvalue weighted by Crippen LogP contribution is 2.13. The summed E-state index contributed by atoms with van der Waals surface area (Å²) in [4.78, 5) is 22.5. The number of carboxylic acids is 1. The van der Waals surface area contributed by atoms with Crippen molar-refractivity contribution in [3.8, 4) is 0 Å². The second-order valence-electron chi connectivity index (χ2n) is 4.71. The van der Waals surface area contributed by atoms with Crippen LogP contribution in [0.25, 0.3) is 6.08 Å². The van der Waals surface area contributed by atoms with Crippen molar-refractivity contribution in [2.24, 2.45) is 0 Å². The minimum absolute atomic E-state index is 0.119. The number of carbonyl (C=O) groups excluding carboxylic acids is 1. The lowest BCUT2D eigenvalue weighted by molar-refractivity contribution is -0.131. The van der Waals surface area contributed by atoms with E-state index < -0.39 is 5.97 Å². The molecule has 0 atom stereocenters. The molecule has 1 aromatic carbocycles. The molecule has 0 heterocycles. The van der Waals surface area contributed by atoms with Crippen LogP contribution in [0, 0.1) is 6.92 Å². The van der Waals surface area contributed by atoms with E-state index in [2.05, 4.69) is 12.2 Å². The largest absolute Gasteiger partial charge is 0.478 e. The maximum absolute atomic E-state index is 12.0. The van der Waals surface area contributed by atoms with Crippen LogP contribution in [-0.2, 0) is 4.79 Å². The first-order valence-electron chi connectivity index (χ1n) is 6.84. The fraction of sp³-hybridized carbons (Fsp3) is 0.375. The van der Waals surface area contributed by atoms with Gasteiger partial charge >= 0.3 is 5.97 Å². The van der Waals surface area contributed by atoms with Gasteiger partial charge in [0.2, 0.25) is 0 Å². The monoisotopic (exact) mass is 275 g/mol. The van der Waals surface area contributed by atoms with Gasteiger partial charge in [0.25, 0.3) is 5.91 Å². The third-order valence-electron chi connectivity index (χ3n) is 3.01. The second kappa shape index (κ2) is 8.15. The summed E-state index contributed by atoms with van der Waals surface area (Å²) in [7, 11) is 0. The Hall–Kier alpha value is -2.10. The summed E-state index contributed by atoms with van der Waals surface area (Å²) in [5, 5.41) is 11.5. The Morgan fingerprint density at radius 1 is 1.30 bits per heavy atom. The summed E-state index contributed by atoms with van der Waals surface area (Å²) in [5.74, 6) is -1.12. The molecule has 0 fully saturated rings. The molecular weight excluding hydrogens is 254 g/mol. The van der Waals surface area contributed by atoms with Crippen LogP contribution in [0.1, 0.15) is 47.7 Å². The molecule has 0 aromatic heterocycles. The van der Waals surface area contributed by atoms with Crippen LogP contribution in [0.4, 0.5) is 0 Å². The number of benzene rings is 1. The van der Waals surface area contributed by atoms with Crippen molar-refractivity contribution in [3.05, 3.63) is 41.0 Å². The minimum Gasteiger partial charge on any atom is -0.478 e. The molecule has 0 radical (unpaired) electrons. The predicted molar refractivity (Wildman–Crippen MR) is 79.7 cm³/mol. The molecule has 0 unspecified atom stereocenters. The van der Waals surface area contributed by atoms with Crippen LogP contribution < -0.4 is 5.32 Å². The predicted octanol–water partition coefficient (Wildman–Crippen LogP) is 3.01. The van der Waals surface area contributed by atoms with E-state index in [1.807, 2.05) is 13.0 Å². The number of amides is 1. The van der Waals surface area contributed by atoms with Gasteiger partial charge in [-0.1, -0.05) is 25.8 Å². The molecule has 4 heteroatoms. The van der Waals surface area contributed by atoms with E-state index in [1.54, 1.807) is 12.1 Å². The van der Waals surface area contributed by atoms with Crippen LogP contribution in [0.2, 0.25) is 0 Å². The van der Waals surface area contributed by atoms with E-state index in [-0.39, 0.29) is 5.91 Å². The first kappa shape index (κ1) is 16.0. The van der Waals surface area contributed by atoms with Crippen LogP contribution in [0.3, 0.4) is 0 Å². The molecule has 1 aromatic rings. The van der Waals surface area contributed by atoms with E-state index in [9.17, 15) is 9.59 Å². The van der Waals surface area contributed by atoms with Crippen molar-refractivity contribution in [1.29, 1.82) is 0 Å². The Morgan fingerprint density at radius 3 is 2.70 bits per heavy atom. The highest BCUT2D eigenvalue weighted by atomic mass is 16.4. The van der Waals surface area contributed by atoms with E-state index in [0.29, 0.717) is 12.1 Å². The highest BCUT2D eigenvalue weighted by Gasteiger charge is 2.06. The zero-order valence-electron chi connectivity index (χ0n) is 12.0. The lowest BCUT2D eigenvalue weighted by Gasteiger charge is -2.07. The highest BCUT2D eigenvalue weighted by molar-refractivity contribution is 5.95. The van der Waals surface area contributed by atoms with Gasteiger partial charge in [-0.15, -0.1) is 0 Å². The van der Waals surface area contributed by atoms with Crippen molar-refractivity contribution >= 4 is 18.0 Å². The van der Waals surface area contributed by atoms with Gasteiger partial charge < -0.3 is 10.4 Å². The van der Waals surface area contributed by atoms with Gasteiger partial charge in [0.05, 0.1) is 0 Å². The van der Waals surface area contributed by atoms with Crippen molar-refractivity contribution in [3.63, 3.8) is 0 Å². The average Bonchev–Trinajstić information content (AvgIpc) is 2.42. The van der Waals surface area contributed by atoms with Gasteiger partial charge in [0.1, 0.15) is 0 Å². The van der Waals surface area contributed by atoms with Crippen LogP contribution in [-0.4, -0.2) is 23.5 Å². The molecule has 20 heavy (non-hydrogen) atoms. The van der Waals surface area contributed by atoms with E-state index in [4.69, 9.17) is 5.11 Å². The van der Waals surface area contributed by atoms with Crippen molar-refractivity contribution < 1.29 is 14.7 Å². The number of unbranched alkanes of at least 4 members (excludes halogenated alkanes) is 2. The third kappa shape index (κ3) is 5.26. The normalized spacial score (nSPS) is 10.7. The number of hydrogen-bond acceptors (Lipinski definition) is 2. The number of carbonyl (C=O) groups is 2. The van der Waals surface area contributed by atoms with Crippen molar-refractivity contribution in [2.75, 3.05) is 6.54 Å². The van der Waals surface area contributed by atoms with Crippen LogP contribution >= 0.6 is 0 Å². The first-order chi connectivity index (χ1) is 9.54. The first-order valence-corrected chi connectivity index (χ1v) is 6.84. The molecule has 0 saturated carbocycles. The Morgan fingerprint density at radius 2 is 2.05 bits per heavy atom. The molecule has 0 bridgehead atoms. The summed E-state index contributed by atoms with van der Waals surface area (Å²) in [6, 6.07) is 5.29. The third-order valence-corrected chi connectivity index (χ3v) is 3.01. The number of aliphatic carboxylic acids is 1. The smallest absolute Gasteiger partial charge is 0.328 e. The number of hydrogen-bond donors (Lipinski definition) is 2. The Kier molecular flexibility index (Phi) is 6.50. The zero-order valence-corrected chi connectivity index (χ0v) is 12.0. The quantitative estimate of drug-likeness (QED) is 0.594. The molecule has 2 N–H and O–H groups in total. The van der Waals surface area contributed by atoms with Crippen LogP contribution in [0.15, 0.2) is 24.3 Å². The molecule has 0 spiro atoms. The zero-order chi connectivity index (χ0) is 15.0. The molecular formula is C16H21NO3. The van der Waals surface area contributed by atoms with Crippen molar-refractivity contribution in [1.82, 2.24) is 5.32 Å². The summed E-state index contributed by atoms with van der Waals surface area (Å²) in [5.41, 5.74) is 2.23. The van der Waals surface area contributed by atoms with Crippen molar-refractivity contribution in [2.45, 2.75) is 33.1 Å². The molecule has 0 aliphatic rings. The molecule has 0 saturated heterocycles. The molecule has 1 rings (SSSR count). The fourth-order valence-electron chi connectivity index (χ4n) is 1.80. The summed E-state index contributed by atoms with van der Waals surface area (Å²) in [6.45, 7) is 4.66. The second-order valence-corrected chi connectivity index (χ2v) is 4.71. The molecule has 4 nitrogen and oxygen atoms in total. The SMILES string of the molecule is CCCCCNC(=O)c1ccc(C)c(/C=C/C(=O)O)c1. The Balaban J connectivity index is 2.73. The summed E-state index contributed by atoms with van der Waals surface area (Å²) >= 11 is 0. The van der Waals surface area contributed by atoms with E-state index in [1.165, 1.54) is 6.08 Å². The van der Waals surface area contributed by atoms with E-state index >= 15 is 0 Å². The average molecular weight is 275 g/mol. The molecule has 0 aliphatic heterocycles. The standard InChI is InChI=1S/C16H21NO3/c1-3-4-5-10-17-16(20)14-7-6-12(2)13(11-14)8-9-15(18)19/h6-9,11H,3-5,10H2,1-2H3,(H,17,20)(H,18,19)/b9-8+. The van der Waals surface area contributed by atoms with Gasteiger partial charge in [-0.3, -0.25) is 4.79 Å².